The van der Waals surface area contributed by atoms with Crippen LogP contribution >= 0.6 is 0 Å². The molecule has 0 spiro atoms. The third-order valence-corrected chi connectivity index (χ3v) is 3.67. The van der Waals surface area contributed by atoms with E-state index < -0.39 is 0 Å². The van der Waals surface area contributed by atoms with Crippen LogP contribution in [0.4, 0.5) is 10.5 Å². The minimum absolute atomic E-state index is 0.0883. The Kier molecular flexibility index (Phi) is 4.81. The van der Waals surface area contributed by atoms with E-state index in [-0.39, 0.29) is 12.2 Å². The molecule has 1 aliphatic rings. The van der Waals surface area contributed by atoms with E-state index in [1.165, 1.54) is 0 Å². The van der Waals surface area contributed by atoms with E-state index in [0.717, 1.165) is 6.42 Å². The Hall–Kier alpha value is -1.79. The van der Waals surface area contributed by atoms with Crippen LogP contribution in [-0.4, -0.2) is 25.3 Å². The summed E-state index contributed by atoms with van der Waals surface area (Å²) in [4.78, 5) is 12.0. The van der Waals surface area contributed by atoms with Gasteiger partial charge >= 0.3 is 6.03 Å². The van der Waals surface area contributed by atoms with Crippen molar-refractivity contribution in [2.24, 2.45) is 5.92 Å². The Morgan fingerprint density at radius 2 is 2.10 bits per heavy atom. The number of hydrazine groups is 1. The SMILES string of the molecule is CCC1NNC(NC(=O)Nc2ccccc2OC)C1C. The lowest BCUT2D eigenvalue weighted by Crippen LogP contribution is -2.48. The summed E-state index contributed by atoms with van der Waals surface area (Å²) in [6.45, 7) is 4.22. The number of methoxy groups -OCH3 is 1. The third-order valence-electron chi connectivity index (χ3n) is 3.67. The summed E-state index contributed by atoms with van der Waals surface area (Å²) in [7, 11) is 1.58. The van der Waals surface area contributed by atoms with Gasteiger partial charge in [0.2, 0.25) is 0 Å². The van der Waals surface area contributed by atoms with Crippen LogP contribution in [0.5, 0.6) is 5.75 Å². The van der Waals surface area contributed by atoms with Crippen LogP contribution < -0.4 is 26.2 Å². The molecule has 110 valence electrons. The van der Waals surface area contributed by atoms with E-state index in [1.54, 1.807) is 19.2 Å². The predicted octanol–water partition coefficient (Wildman–Crippen LogP) is 1.67. The minimum Gasteiger partial charge on any atom is -0.495 e. The van der Waals surface area contributed by atoms with E-state index in [9.17, 15) is 4.79 Å². The van der Waals surface area contributed by atoms with Gasteiger partial charge in [0, 0.05) is 12.0 Å². The Morgan fingerprint density at radius 1 is 1.35 bits per heavy atom. The zero-order valence-corrected chi connectivity index (χ0v) is 12.1. The number of ether oxygens (including phenoxy) is 1. The summed E-state index contributed by atoms with van der Waals surface area (Å²) >= 11 is 0. The summed E-state index contributed by atoms with van der Waals surface area (Å²) in [5.74, 6) is 0.961. The maximum atomic E-state index is 12.0. The number of carbonyl (C=O) groups excluding carboxylic acids is 1. The van der Waals surface area contributed by atoms with Gasteiger partial charge in [0.15, 0.2) is 0 Å². The first kappa shape index (κ1) is 14.6. The second kappa shape index (κ2) is 6.58. The Bertz CT molecular complexity index is 466. The van der Waals surface area contributed by atoms with Gasteiger partial charge in [-0.2, -0.15) is 0 Å². The van der Waals surface area contributed by atoms with E-state index in [4.69, 9.17) is 4.74 Å². The molecule has 1 aliphatic heterocycles. The van der Waals surface area contributed by atoms with Gasteiger partial charge in [0.1, 0.15) is 5.75 Å². The number of rotatable bonds is 4. The topological polar surface area (TPSA) is 74.4 Å². The fraction of sp³-hybridized carbons (Fsp3) is 0.500. The number of amides is 2. The van der Waals surface area contributed by atoms with Crippen LogP contribution in [0, 0.1) is 5.92 Å². The normalized spacial score (nSPS) is 25.2. The van der Waals surface area contributed by atoms with Crippen LogP contribution in [0.25, 0.3) is 0 Å². The molecule has 1 saturated heterocycles. The largest absolute Gasteiger partial charge is 0.495 e. The third kappa shape index (κ3) is 3.20. The first-order valence-corrected chi connectivity index (χ1v) is 6.87. The molecule has 0 aliphatic carbocycles. The average molecular weight is 278 g/mol. The van der Waals surface area contributed by atoms with Crippen LogP contribution in [0.3, 0.4) is 0 Å². The van der Waals surface area contributed by atoms with Crippen molar-refractivity contribution in [1.29, 1.82) is 0 Å². The van der Waals surface area contributed by atoms with Crippen molar-refractivity contribution < 1.29 is 9.53 Å². The van der Waals surface area contributed by atoms with Gasteiger partial charge in [0.25, 0.3) is 0 Å². The summed E-state index contributed by atoms with van der Waals surface area (Å²) < 4.78 is 5.20. The number of urea groups is 1. The molecule has 3 atom stereocenters. The quantitative estimate of drug-likeness (QED) is 0.676. The fourth-order valence-corrected chi connectivity index (χ4v) is 2.38. The molecule has 4 N–H and O–H groups in total. The number of carbonyl (C=O) groups is 1. The summed E-state index contributed by atoms with van der Waals surface area (Å²) in [5.41, 5.74) is 6.93. The lowest BCUT2D eigenvalue weighted by molar-refractivity contribution is 0.243. The van der Waals surface area contributed by atoms with Crippen molar-refractivity contribution in [1.82, 2.24) is 16.2 Å². The maximum absolute atomic E-state index is 12.0. The standard InChI is InChI=1S/C14H22N4O2/c1-4-10-9(2)13(18-17-10)16-14(19)15-11-7-5-6-8-12(11)20-3/h5-10,13,17-18H,4H2,1-3H3,(H2,15,16,19). The van der Waals surface area contributed by atoms with E-state index in [2.05, 4.69) is 35.3 Å². The molecule has 3 unspecified atom stereocenters. The van der Waals surface area contributed by atoms with Crippen molar-refractivity contribution in [3.05, 3.63) is 24.3 Å². The van der Waals surface area contributed by atoms with Crippen molar-refractivity contribution in [3.8, 4) is 5.75 Å². The molecule has 1 aromatic carbocycles. The first-order chi connectivity index (χ1) is 9.65. The zero-order chi connectivity index (χ0) is 14.5. The summed E-state index contributed by atoms with van der Waals surface area (Å²) in [6.07, 6.45) is 0.926. The highest BCUT2D eigenvalue weighted by molar-refractivity contribution is 5.91. The Labute approximate surface area is 119 Å². The van der Waals surface area contributed by atoms with Crippen LogP contribution in [0.15, 0.2) is 24.3 Å². The number of hydrogen-bond donors (Lipinski definition) is 4. The monoisotopic (exact) mass is 278 g/mol. The zero-order valence-electron chi connectivity index (χ0n) is 12.1. The highest BCUT2D eigenvalue weighted by Gasteiger charge is 2.31. The van der Waals surface area contributed by atoms with E-state index in [0.29, 0.717) is 23.4 Å². The summed E-state index contributed by atoms with van der Waals surface area (Å²) in [6, 6.07) is 7.43. The molecule has 20 heavy (non-hydrogen) atoms. The van der Waals surface area contributed by atoms with Gasteiger partial charge in [-0.15, -0.1) is 0 Å². The highest BCUT2D eigenvalue weighted by atomic mass is 16.5. The van der Waals surface area contributed by atoms with Gasteiger partial charge in [0.05, 0.1) is 19.0 Å². The number of anilines is 1. The van der Waals surface area contributed by atoms with Crippen molar-refractivity contribution in [3.63, 3.8) is 0 Å². The van der Waals surface area contributed by atoms with Gasteiger partial charge in [-0.05, 0) is 18.6 Å². The average Bonchev–Trinajstić information content (AvgIpc) is 2.80. The second-order valence-electron chi connectivity index (χ2n) is 4.94. The molecule has 6 nitrogen and oxygen atoms in total. The van der Waals surface area contributed by atoms with Gasteiger partial charge in [-0.25, -0.2) is 10.2 Å². The van der Waals surface area contributed by atoms with E-state index in [1.807, 2.05) is 12.1 Å². The predicted molar refractivity (Wildman–Crippen MR) is 78.5 cm³/mol. The molecular formula is C14H22N4O2. The number of nitrogens with one attached hydrogen (secondary N) is 4. The lowest BCUT2D eigenvalue weighted by Gasteiger charge is -2.19. The first-order valence-electron chi connectivity index (χ1n) is 6.87. The lowest BCUT2D eigenvalue weighted by atomic mass is 9.99. The molecule has 1 heterocycles. The molecule has 1 aromatic rings. The molecule has 0 aromatic heterocycles. The smallest absolute Gasteiger partial charge is 0.320 e. The molecule has 0 radical (unpaired) electrons. The molecule has 2 amide bonds. The summed E-state index contributed by atoms with van der Waals surface area (Å²) in [5, 5.41) is 5.71. The van der Waals surface area contributed by atoms with Crippen LogP contribution in [0.2, 0.25) is 0 Å². The van der Waals surface area contributed by atoms with Crippen molar-refractivity contribution in [2.75, 3.05) is 12.4 Å². The van der Waals surface area contributed by atoms with Gasteiger partial charge in [-0.3, -0.25) is 5.43 Å². The molecule has 6 heteroatoms. The van der Waals surface area contributed by atoms with Crippen LogP contribution in [0.1, 0.15) is 20.3 Å². The Morgan fingerprint density at radius 3 is 2.75 bits per heavy atom. The molecule has 0 saturated carbocycles. The number of para-hydroxylation sites is 2. The van der Waals surface area contributed by atoms with Gasteiger partial charge < -0.3 is 15.4 Å². The van der Waals surface area contributed by atoms with Crippen LogP contribution in [-0.2, 0) is 0 Å². The molecule has 1 fully saturated rings. The highest BCUT2D eigenvalue weighted by Crippen LogP contribution is 2.23. The minimum atomic E-state index is -0.252. The fourth-order valence-electron chi connectivity index (χ4n) is 2.38. The Balaban J connectivity index is 1.93. The molecule has 2 rings (SSSR count). The van der Waals surface area contributed by atoms with Crippen molar-refractivity contribution in [2.45, 2.75) is 32.5 Å². The number of hydrogen-bond acceptors (Lipinski definition) is 4. The number of benzene rings is 1. The van der Waals surface area contributed by atoms with Gasteiger partial charge in [-0.1, -0.05) is 26.0 Å². The van der Waals surface area contributed by atoms with E-state index >= 15 is 0 Å². The second-order valence-corrected chi connectivity index (χ2v) is 4.94. The maximum Gasteiger partial charge on any atom is 0.320 e. The molecule has 0 bridgehead atoms. The van der Waals surface area contributed by atoms with Crippen molar-refractivity contribution >= 4 is 11.7 Å². The molecular weight excluding hydrogens is 256 g/mol.